The van der Waals surface area contributed by atoms with Gasteiger partial charge in [-0.25, -0.2) is 0 Å². The molecule has 1 aliphatic heterocycles. The third-order valence-electron chi connectivity index (χ3n) is 5.95. The molecule has 1 aromatic heterocycles. The highest BCUT2D eigenvalue weighted by Crippen LogP contribution is 2.35. The molecule has 3 nitrogen and oxygen atoms in total. The molecule has 0 radical (unpaired) electrons. The number of rotatable bonds is 3. The molecule has 0 spiro atoms. The molecule has 5 rings (SSSR count). The van der Waals surface area contributed by atoms with Gasteiger partial charge in [-0.1, -0.05) is 43.3 Å². The molecule has 29 heavy (non-hydrogen) atoms. The van der Waals surface area contributed by atoms with Crippen molar-refractivity contribution >= 4 is 17.6 Å². The maximum absolute atomic E-state index is 12.9. The number of aromatic nitrogens is 1. The molecule has 1 atom stereocenters. The minimum Gasteiger partial charge on any atom is -0.294 e. The molecule has 2 aromatic carbocycles. The number of carbonyl (C=O) groups is 1. The largest absolute Gasteiger partial charge is 0.294 e. The third kappa shape index (κ3) is 3.13. The lowest BCUT2D eigenvalue weighted by atomic mass is 9.81. The maximum Gasteiger partial charge on any atom is 0.163 e. The first-order valence-electron chi connectivity index (χ1n) is 10.0. The van der Waals surface area contributed by atoms with Crippen LogP contribution >= 0.6 is 0 Å². The van der Waals surface area contributed by atoms with Crippen LogP contribution in [0.25, 0.3) is 6.08 Å². The first-order chi connectivity index (χ1) is 14.1. The second-order valence-corrected chi connectivity index (χ2v) is 7.89. The van der Waals surface area contributed by atoms with E-state index < -0.39 is 0 Å². The number of fused-ring (bicyclic) bond motifs is 2. The van der Waals surface area contributed by atoms with Crippen molar-refractivity contribution < 1.29 is 4.79 Å². The number of allylic oxidation sites excluding steroid dienone is 1. The van der Waals surface area contributed by atoms with Gasteiger partial charge in [-0.05, 0) is 53.5 Å². The molecule has 1 unspecified atom stereocenters. The molecule has 0 fully saturated rings. The van der Waals surface area contributed by atoms with Gasteiger partial charge in [0.25, 0.3) is 0 Å². The predicted octanol–water partition coefficient (Wildman–Crippen LogP) is 5.05. The molecular weight excluding hydrogens is 356 g/mol. The number of benzene rings is 2. The quantitative estimate of drug-likeness (QED) is 0.640. The van der Waals surface area contributed by atoms with Crippen molar-refractivity contribution in [2.45, 2.75) is 32.7 Å². The first-order valence-corrected chi connectivity index (χ1v) is 10.0. The highest BCUT2D eigenvalue weighted by Gasteiger charge is 2.27. The summed E-state index contributed by atoms with van der Waals surface area (Å²) in [6.07, 6.45) is 4.39. The average molecular weight is 378 g/mol. The van der Waals surface area contributed by atoms with Crippen LogP contribution in [0.15, 0.2) is 71.4 Å². The smallest absolute Gasteiger partial charge is 0.163 e. The molecule has 0 saturated carbocycles. The number of aliphatic imine (C=N–C) groups is 1. The molecule has 2 aliphatic rings. The minimum atomic E-state index is 0.0843. The normalized spacial score (nSPS) is 16.0. The van der Waals surface area contributed by atoms with Crippen LogP contribution in [0.3, 0.4) is 0 Å². The molecule has 2 heterocycles. The fourth-order valence-electron chi connectivity index (χ4n) is 4.35. The van der Waals surface area contributed by atoms with Crippen LogP contribution in [0.2, 0.25) is 0 Å². The van der Waals surface area contributed by atoms with E-state index in [1.807, 2.05) is 37.4 Å². The number of pyridine rings is 1. The van der Waals surface area contributed by atoms with Crippen molar-refractivity contribution in [1.29, 1.82) is 0 Å². The summed E-state index contributed by atoms with van der Waals surface area (Å²) in [5.41, 5.74) is 9.80. The summed E-state index contributed by atoms with van der Waals surface area (Å²) in [5, 5.41) is 0. The average Bonchev–Trinajstić information content (AvgIpc) is 3.14. The van der Waals surface area contributed by atoms with E-state index in [1.165, 1.54) is 16.7 Å². The van der Waals surface area contributed by atoms with Gasteiger partial charge in [-0.3, -0.25) is 14.8 Å². The lowest BCUT2D eigenvalue weighted by Crippen LogP contribution is -2.17. The van der Waals surface area contributed by atoms with Gasteiger partial charge < -0.3 is 0 Å². The van der Waals surface area contributed by atoms with Crippen molar-refractivity contribution in [3.63, 3.8) is 0 Å². The van der Waals surface area contributed by atoms with Gasteiger partial charge >= 0.3 is 0 Å². The van der Waals surface area contributed by atoms with Crippen LogP contribution in [0.4, 0.5) is 0 Å². The van der Waals surface area contributed by atoms with Crippen LogP contribution in [-0.2, 0) is 17.8 Å². The Bertz CT molecular complexity index is 1190. The molecule has 0 N–H and O–H groups in total. The summed E-state index contributed by atoms with van der Waals surface area (Å²) < 4.78 is 0. The monoisotopic (exact) mass is 378 g/mol. The van der Waals surface area contributed by atoms with Crippen molar-refractivity contribution in [3.8, 4) is 0 Å². The standard InChI is InChI=1S/C26H22N2O/c1-16-10-19(8-9-27-16)26-24-13-21-12-23(17(2)18-6-4-3-5-7-18)25(29)14-20(21)11-22(24)15-28-26/h3-13,17H,14-15H2,1-2H3. The first kappa shape index (κ1) is 17.7. The highest BCUT2D eigenvalue weighted by molar-refractivity contribution is 6.16. The Morgan fingerprint density at radius 1 is 1.00 bits per heavy atom. The molecule has 3 aromatic rings. The van der Waals surface area contributed by atoms with Crippen molar-refractivity contribution in [3.05, 3.63) is 105 Å². The molecule has 1 aliphatic carbocycles. The number of aryl methyl sites for hydroxylation is 1. The topological polar surface area (TPSA) is 42.3 Å². The summed E-state index contributed by atoms with van der Waals surface area (Å²) in [4.78, 5) is 22.0. The number of nitrogens with zero attached hydrogens (tertiary/aromatic N) is 2. The zero-order chi connectivity index (χ0) is 20.0. The minimum absolute atomic E-state index is 0.0843. The predicted molar refractivity (Wildman–Crippen MR) is 116 cm³/mol. The van der Waals surface area contributed by atoms with Crippen LogP contribution in [-0.4, -0.2) is 16.5 Å². The van der Waals surface area contributed by atoms with E-state index in [9.17, 15) is 4.79 Å². The number of hydrogen-bond acceptors (Lipinski definition) is 3. The summed E-state index contributed by atoms with van der Waals surface area (Å²) >= 11 is 0. The Hall–Kier alpha value is -3.33. The molecule has 0 amide bonds. The Labute approximate surface area is 170 Å². The Morgan fingerprint density at radius 2 is 1.83 bits per heavy atom. The third-order valence-corrected chi connectivity index (χ3v) is 5.95. The van der Waals surface area contributed by atoms with Crippen LogP contribution < -0.4 is 0 Å². The van der Waals surface area contributed by atoms with Crippen LogP contribution in [0.5, 0.6) is 0 Å². The summed E-state index contributed by atoms with van der Waals surface area (Å²) in [6.45, 7) is 4.78. The summed E-state index contributed by atoms with van der Waals surface area (Å²) in [5.74, 6) is 0.304. The zero-order valence-corrected chi connectivity index (χ0v) is 16.6. The Balaban J connectivity index is 1.56. The van der Waals surface area contributed by atoms with Crippen molar-refractivity contribution in [1.82, 2.24) is 4.98 Å². The van der Waals surface area contributed by atoms with Gasteiger partial charge in [0.15, 0.2) is 5.78 Å². The fourth-order valence-corrected chi connectivity index (χ4v) is 4.35. The highest BCUT2D eigenvalue weighted by atomic mass is 16.1. The van der Waals surface area contributed by atoms with Gasteiger partial charge in [0.05, 0.1) is 12.3 Å². The molecule has 0 saturated heterocycles. The number of ketones is 1. The second-order valence-electron chi connectivity index (χ2n) is 7.89. The van der Waals surface area contributed by atoms with E-state index >= 15 is 0 Å². The molecule has 3 heteroatoms. The lowest BCUT2D eigenvalue weighted by Gasteiger charge is -2.22. The van der Waals surface area contributed by atoms with E-state index in [-0.39, 0.29) is 11.7 Å². The van der Waals surface area contributed by atoms with Gasteiger partial charge in [-0.15, -0.1) is 0 Å². The van der Waals surface area contributed by atoms with Crippen molar-refractivity contribution in [2.24, 2.45) is 4.99 Å². The number of hydrogen-bond donors (Lipinski definition) is 0. The van der Waals surface area contributed by atoms with E-state index in [0.717, 1.165) is 33.7 Å². The second kappa shape index (κ2) is 6.93. The van der Waals surface area contributed by atoms with Crippen molar-refractivity contribution in [2.75, 3.05) is 0 Å². The van der Waals surface area contributed by atoms with Crippen LogP contribution in [0.1, 0.15) is 51.9 Å². The lowest BCUT2D eigenvalue weighted by molar-refractivity contribution is -0.115. The molecular formula is C26H22N2O. The van der Waals surface area contributed by atoms with Gasteiger partial charge in [0.2, 0.25) is 0 Å². The summed E-state index contributed by atoms with van der Waals surface area (Å²) in [6, 6.07) is 18.7. The fraction of sp³-hybridized carbons (Fsp3) is 0.192. The van der Waals surface area contributed by atoms with Gasteiger partial charge in [0.1, 0.15) is 0 Å². The number of Topliss-reactive ketones (excluding diaryl/α,β-unsaturated/α-hetero) is 1. The van der Waals surface area contributed by atoms with E-state index in [1.54, 1.807) is 0 Å². The number of carbonyl (C=O) groups excluding carboxylic acids is 1. The van der Waals surface area contributed by atoms with Gasteiger partial charge in [-0.2, -0.15) is 0 Å². The van der Waals surface area contributed by atoms with E-state index in [2.05, 4.69) is 48.3 Å². The maximum atomic E-state index is 12.9. The van der Waals surface area contributed by atoms with E-state index in [4.69, 9.17) is 4.99 Å². The van der Waals surface area contributed by atoms with Gasteiger partial charge in [0, 0.05) is 40.9 Å². The zero-order valence-electron chi connectivity index (χ0n) is 16.6. The Morgan fingerprint density at radius 3 is 2.62 bits per heavy atom. The summed E-state index contributed by atoms with van der Waals surface area (Å²) in [7, 11) is 0. The molecule has 0 bridgehead atoms. The Kier molecular flexibility index (Phi) is 4.24. The van der Waals surface area contributed by atoms with E-state index in [0.29, 0.717) is 13.0 Å². The van der Waals surface area contributed by atoms with Crippen LogP contribution in [0, 0.1) is 6.92 Å². The SMILES string of the molecule is Cc1cc(C2=NCc3cc4c(cc32)C=C(C(C)c2ccccc2)C(=O)C4)ccn1. The molecule has 142 valence electrons.